The van der Waals surface area contributed by atoms with Crippen LogP contribution in [0.5, 0.6) is 0 Å². The summed E-state index contributed by atoms with van der Waals surface area (Å²) in [5.74, 6) is 0.200. The standard InChI is InChI=1S/C12H17F3N2/c1-4-8(2)9(3)17-11-10(12(13,14)15)6-5-7-16-11/h5-9H,4H2,1-3H3,(H,16,17). The topological polar surface area (TPSA) is 24.9 Å². The Labute approximate surface area is 99.3 Å². The van der Waals surface area contributed by atoms with Gasteiger partial charge in [-0.2, -0.15) is 13.2 Å². The van der Waals surface area contributed by atoms with Gasteiger partial charge in [-0.15, -0.1) is 0 Å². The summed E-state index contributed by atoms with van der Waals surface area (Å²) < 4.78 is 38.1. The van der Waals surface area contributed by atoms with Crippen molar-refractivity contribution in [3.05, 3.63) is 23.9 Å². The summed E-state index contributed by atoms with van der Waals surface area (Å²) in [7, 11) is 0. The molecule has 1 heterocycles. The van der Waals surface area contributed by atoms with Crippen molar-refractivity contribution in [3.63, 3.8) is 0 Å². The van der Waals surface area contributed by atoms with Gasteiger partial charge in [0.25, 0.3) is 0 Å². The maximum atomic E-state index is 12.7. The third-order valence-corrected chi connectivity index (χ3v) is 2.98. The number of pyridine rings is 1. The lowest BCUT2D eigenvalue weighted by Gasteiger charge is -2.22. The summed E-state index contributed by atoms with van der Waals surface area (Å²) in [5.41, 5.74) is -0.713. The zero-order chi connectivity index (χ0) is 13.1. The van der Waals surface area contributed by atoms with Crippen LogP contribution in [0.15, 0.2) is 18.3 Å². The second kappa shape index (κ2) is 5.38. The Morgan fingerprint density at radius 2 is 2.00 bits per heavy atom. The number of nitrogens with zero attached hydrogens (tertiary/aromatic N) is 1. The molecule has 2 nitrogen and oxygen atoms in total. The number of hydrogen-bond acceptors (Lipinski definition) is 2. The van der Waals surface area contributed by atoms with Crippen molar-refractivity contribution in [1.82, 2.24) is 4.98 Å². The van der Waals surface area contributed by atoms with Crippen molar-refractivity contribution in [2.75, 3.05) is 5.32 Å². The molecular formula is C12H17F3N2. The van der Waals surface area contributed by atoms with Crippen LogP contribution in [-0.2, 0) is 6.18 Å². The second-order valence-corrected chi connectivity index (χ2v) is 4.22. The highest BCUT2D eigenvalue weighted by Crippen LogP contribution is 2.33. The van der Waals surface area contributed by atoms with Crippen LogP contribution in [-0.4, -0.2) is 11.0 Å². The maximum Gasteiger partial charge on any atom is 0.419 e. The van der Waals surface area contributed by atoms with Crippen molar-refractivity contribution < 1.29 is 13.2 Å². The van der Waals surface area contributed by atoms with Crippen LogP contribution in [0.4, 0.5) is 19.0 Å². The Morgan fingerprint density at radius 1 is 1.35 bits per heavy atom. The molecular weight excluding hydrogens is 229 g/mol. The van der Waals surface area contributed by atoms with Gasteiger partial charge in [-0.1, -0.05) is 20.3 Å². The third kappa shape index (κ3) is 3.61. The number of alkyl halides is 3. The molecule has 0 saturated heterocycles. The predicted molar refractivity (Wildman–Crippen MR) is 61.8 cm³/mol. The van der Waals surface area contributed by atoms with Crippen molar-refractivity contribution >= 4 is 5.82 Å². The highest BCUT2D eigenvalue weighted by Gasteiger charge is 2.34. The first-order valence-electron chi connectivity index (χ1n) is 5.65. The number of halogens is 3. The molecule has 1 rings (SSSR count). The van der Waals surface area contributed by atoms with Crippen LogP contribution in [0.2, 0.25) is 0 Å². The summed E-state index contributed by atoms with van der Waals surface area (Å²) in [6, 6.07) is 2.29. The van der Waals surface area contributed by atoms with E-state index in [9.17, 15) is 13.2 Å². The molecule has 1 aromatic rings. The van der Waals surface area contributed by atoms with E-state index in [-0.39, 0.29) is 17.8 Å². The normalized spacial score (nSPS) is 15.4. The molecule has 1 N–H and O–H groups in total. The molecule has 17 heavy (non-hydrogen) atoms. The van der Waals surface area contributed by atoms with Crippen LogP contribution in [0.3, 0.4) is 0 Å². The van der Waals surface area contributed by atoms with Gasteiger partial charge in [0.15, 0.2) is 0 Å². The van der Waals surface area contributed by atoms with Crippen molar-refractivity contribution in [2.45, 2.75) is 39.4 Å². The van der Waals surface area contributed by atoms with E-state index in [4.69, 9.17) is 0 Å². The van der Waals surface area contributed by atoms with Crippen molar-refractivity contribution in [3.8, 4) is 0 Å². The Hall–Kier alpha value is -1.26. The number of anilines is 1. The molecule has 0 aliphatic carbocycles. The Bertz CT molecular complexity index is 363. The molecule has 0 aliphatic heterocycles. The first kappa shape index (κ1) is 13.8. The van der Waals surface area contributed by atoms with Gasteiger partial charge in [-0.25, -0.2) is 4.98 Å². The van der Waals surface area contributed by atoms with Gasteiger partial charge in [0.2, 0.25) is 0 Å². The summed E-state index contributed by atoms with van der Waals surface area (Å²) in [6.07, 6.45) is -2.10. The molecule has 0 saturated carbocycles. The van der Waals surface area contributed by atoms with Crippen LogP contribution in [0, 0.1) is 5.92 Å². The van der Waals surface area contributed by atoms with Gasteiger partial charge in [0, 0.05) is 12.2 Å². The van der Waals surface area contributed by atoms with Gasteiger partial charge in [-0.3, -0.25) is 0 Å². The fourth-order valence-electron chi connectivity index (χ4n) is 1.46. The van der Waals surface area contributed by atoms with E-state index in [1.165, 1.54) is 12.3 Å². The summed E-state index contributed by atoms with van der Waals surface area (Å²) in [6.45, 7) is 5.86. The van der Waals surface area contributed by atoms with Gasteiger partial charge in [-0.05, 0) is 25.0 Å². The molecule has 0 amide bonds. The molecule has 0 spiro atoms. The van der Waals surface area contributed by atoms with Crippen LogP contribution in [0.25, 0.3) is 0 Å². The molecule has 0 aromatic carbocycles. The van der Waals surface area contributed by atoms with Gasteiger partial charge in [0.1, 0.15) is 5.82 Å². The minimum Gasteiger partial charge on any atom is -0.367 e. The van der Waals surface area contributed by atoms with E-state index in [0.29, 0.717) is 0 Å². The lowest BCUT2D eigenvalue weighted by molar-refractivity contribution is -0.137. The van der Waals surface area contributed by atoms with Crippen molar-refractivity contribution in [1.29, 1.82) is 0 Å². The fourth-order valence-corrected chi connectivity index (χ4v) is 1.46. The first-order valence-corrected chi connectivity index (χ1v) is 5.65. The molecule has 2 unspecified atom stereocenters. The first-order chi connectivity index (χ1) is 7.86. The number of hydrogen-bond donors (Lipinski definition) is 1. The molecule has 0 fully saturated rings. The predicted octanol–water partition coefficient (Wildman–Crippen LogP) is 3.95. The van der Waals surface area contributed by atoms with E-state index < -0.39 is 11.7 Å². The zero-order valence-corrected chi connectivity index (χ0v) is 10.2. The van der Waals surface area contributed by atoms with E-state index in [2.05, 4.69) is 10.3 Å². The van der Waals surface area contributed by atoms with E-state index in [1.807, 2.05) is 20.8 Å². The Morgan fingerprint density at radius 3 is 2.53 bits per heavy atom. The lowest BCUT2D eigenvalue weighted by Crippen LogP contribution is -2.25. The SMILES string of the molecule is CCC(C)C(C)Nc1ncccc1C(F)(F)F. The average molecular weight is 246 g/mol. The fraction of sp³-hybridized carbons (Fsp3) is 0.583. The number of aromatic nitrogens is 1. The Kier molecular flexibility index (Phi) is 4.37. The van der Waals surface area contributed by atoms with Crippen LogP contribution >= 0.6 is 0 Å². The number of nitrogens with one attached hydrogen (secondary N) is 1. The maximum absolute atomic E-state index is 12.7. The number of rotatable bonds is 4. The Balaban J connectivity index is 2.91. The van der Waals surface area contributed by atoms with Crippen LogP contribution in [0.1, 0.15) is 32.8 Å². The molecule has 0 radical (unpaired) electrons. The molecule has 2 atom stereocenters. The van der Waals surface area contributed by atoms with Crippen LogP contribution < -0.4 is 5.32 Å². The molecule has 5 heteroatoms. The van der Waals surface area contributed by atoms with Gasteiger partial charge in [0.05, 0.1) is 5.56 Å². The minimum atomic E-state index is -4.37. The third-order valence-electron chi connectivity index (χ3n) is 2.98. The molecule has 0 bridgehead atoms. The van der Waals surface area contributed by atoms with Gasteiger partial charge < -0.3 is 5.32 Å². The summed E-state index contributed by atoms with van der Waals surface area (Å²) >= 11 is 0. The highest BCUT2D eigenvalue weighted by atomic mass is 19.4. The average Bonchev–Trinajstić information content (AvgIpc) is 2.27. The summed E-state index contributed by atoms with van der Waals surface area (Å²) in [4.78, 5) is 3.77. The van der Waals surface area contributed by atoms with Gasteiger partial charge >= 0.3 is 6.18 Å². The molecule has 1 aromatic heterocycles. The smallest absolute Gasteiger partial charge is 0.367 e. The van der Waals surface area contributed by atoms with E-state index in [0.717, 1.165) is 12.5 Å². The van der Waals surface area contributed by atoms with E-state index >= 15 is 0 Å². The summed E-state index contributed by atoms with van der Waals surface area (Å²) in [5, 5.41) is 2.84. The van der Waals surface area contributed by atoms with Crippen molar-refractivity contribution in [2.24, 2.45) is 5.92 Å². The zero-order valence-electron chi connectivity index (χ0n) is 10.2. The second-order valence-electron chi connectivity index (χ2n) is 4.22. The lowest BCUT2D eigenvalue weighted by atomic mass is 10.0. The monoisotopic (exact) mass is 246 g/mol. The molecule has 0 aliphatic rings. The highest BCUT2D eigenvalue weighted by molar-refractivity contribution is 5.46. The molecule has 96 valence electrons. The van der Waals surface area contributed by atoms with E-state index in [1.54, 1.807) is 0 Å². The largest absolute Gasteiger partial charge is 0.419 e. The quantitative estimate of drug-likeness (QED) is 0.870. The minimum absolute atomic E-state index is 0.0454.